The third kappa shape index (κ3) is 7.90. The predicted molar refractivity (Wildman–Crippen MR) is 118 cm³/mol. The zero-order chi connectivity index (χ0) is 21.2. The van der Waals surface area contributed by atoms with E-state index >= 15 is 0 Å². The Bertz CT molecular complexity index is 553. The average molecular weight is 407 g/mol. The number of hydrogen-bond acceptors (Lipinski definition) is 3. The molecule has 0 aliphatic heterocycles. The Balaban J connectivity index is 1.83. The van der Waals surface area contributed by atoms with Gasteiger partial charge in [0.25, 0.3) is 0 Å². The maximum Gasteiger partial charge on any atom is 0.303 e. The number of aliphatic carboxylic acids is 1. The van der Waals surface area contributed by atoms with Gasteiger partial charge in [0.15, 0.2) is 0 Å². The first-order valence-electron chi connectivity index (χ1n) is 11.9. The van der Waals surface area contributed by atoms with E-state index in [1.165, 1.54) is 31.3 Å². The fourth-order valence-corrected chi connectivity index (χ4v) is 5.35. The van der Waals surface area contributed by atoms with Crippen LogP contribution in [0.3, 0.4) is 0 Å². The number of unbranched alkanes of at least 4 members (excludes halogenated alkanes) is 3. The molecule has 0 bridgehead atoms. The van der Waals surface area contributed by atoms with E-state index in [-0.39, 0.29) is 18.4 Å². The molecule has 0 amide bonds. The van der Waals surface area contributed by atoms with Crippen LogP contribution in [0.15, 0.2) is 23.8 Å². The maximum atomic E-state index is 10.6. The third-order valence-electron chi connectivity index (χ3n) is 7.06. The van der Waals surface area contributed by atoms with Crippen LogP contribution in [0, 0.1) is 23.7 Å². The monoisotopic (exact) mass is 406 g/mol. The van der Waals surface area contributed by atoms with Crippen molar-refractivity contribution < 1.29 is 20.1 Å². The molecule has 0 heterocycles. The van der Waals surface area contributed by atoms with E-state index < -0.39 is 12.1 Å². The molecule has 4 nitrogen and oxygen atoms in total. The summed E-state index contributed by atoms with van der Waals surface area (Å²) in [4.78, 5) is 10.6. The fraction of sp³-hybridized carbons (Fsp3) is 0.800. The minimum atomic E-state index is -0.728. The van der Waals surface area contributed by atoms with Crippen LogP contribution < -0.4 is 0 Å². The minimum Gasteiger partial charge on any atom is -0.481 e. The number of hydrogen-bond donors (Lipinski definition) is 3. The average Bonchev–Trinajstić information content (AvgIpc) is 3.19. The summed E-state index contributed by atoms with van der Waals surface area (Å²) in [7, 11) is 0. The second-order valence-corrected chi connectivity index (χ2v) is 9.32. The lowest BCUT2D eigenvalue weighted by Gasteiger charge is -2.19. The maximum absolute atomic E-state index is 10.6. The van der Waals surface area contributed by atoms with Crippen molar-refractivity contribution in [1.29, 1.82) is 0 Å². The first-order chi connectivity index (χ1) is 13.9. The summed E-state index contributed by atoms with van der Waals surface area (Å²) in [5, 5.41) is 29.8. The number of aliphatic hydroxyl groups is 2. The van der Waals surface area contributed by atoms with E-state index in [1.54, 1.807) is 0 Å². The Hall–Kier alpha value is -1.13. The van der Waals surface area contributed by atoms with E-state index in [0.717, 1.165) is 38.5 Å². The van der Waals surface area contributed by atoms with Crippen LogP contribution in [0.5, 0.6) is 0 Å². The van der Waals surface area contributed by atoms with Gasteiger partial charge in [0.1, 0.15) is 0 Å². The lowest BCUT2D eigenvalue weighted by molar-refractivity contribution is -0.137. The van der Waals surface area contributed by atoms with Gasteiger partial charge in [0.05, 0.1) is 12.2 Å². The molecule has 2 fully saturated rings. The van der Waals surface area contributed by atoms with Gasteiger partial charge >= 0.3 is 5.97 Å². The standard InChI is InChI=1S/C25H42O4/c1-3-5-6-9-18(4-2)15-21(26)12-13-22-23-16-19(10-7-8-11-25(28)29)14-20(23)17-24(22)27/h10,12-13,18,20-24,26-27H,3-9,11,14-17H2,1-2H3,(H,28,29)/t18?,20-,21+,22-,23+,24-/m1/s1. The topological polar surface area (TPSA) is 77.8 Å². The normalized spacial score (nSPS) is 30.1. The minimum absolute atomic E-state index is 0.139. The van der Waals surface area contributed by atoms with Crippen LogP contribution in [-0.2, 0) is 4.79 Å². The SMILES string of the molecule is CCCCCC(CC)C[C@@H](O)C=C[C@@H]1[C@H]2CC(=CCCCC(=O)O)C[C@@H]2C[C@H]1O. The van der Waals surface area contributed by atoms with Gasteiger partial charge in [-0.15, -0.1) is 0 Å². The van der Waals surface area contributed by atoms with Gasteiger partial charge in [-0.05, 0) is 56.3 Å². The summed E-state index contributed by atoms with van der Waals surface area (Å²) in [6.07, 6.45) is 17.1. The first-order valence-corrected chi connectivity index (χ1v) is 11.9. The van der Waals surface area contributed by atoms with Crippen LogP contribution in [0.4, 0.5) is 0 Å². The second-order valence-electron chi connectivity index (χ2n) is 9.32. The largest absolute Gasteiger partial charge is 0.481 e. The number of carboxylic acid groups (broad SMARTS) is 1. The molecule has 2 rings (SSSR count). The molecule has 0 saturated heterocycles. The lowest BCUT2D eigenvalue weighted by atomic mass is 9.89. The van der Waals surface area contributed by atoms with Gasteiger partial charge in [0, 0.05) is 12.3 Å². The number of aliphatic hydroxyl groups excluding tert-OH is 2. The molecule has 29 heavy (non-hydrogen) atoms. The number of allylic oxidation sites excluding steroid dienone is 2. The van der Waals surface area contributed by atoms with E-state index in [2.05, 4.69) is 26.0 Å². The molecular weight excluding hydrogens is 364 g/mol. The first kappa shape index (κ1) is 24.1. The predicted octanol–water partition coefficient (Wildman–Crippen LogP) is 5.49. The van der Waals surface area contributed by atoms with E-state index in [9.17, 15) is 15.0 Å². The Morgan fingerprint density at radius 1 is 1.21 bits per heavy atom. The van der Waals surface area contributed by atoms with Crippen molar-refractivity contribution >= 4 is 5.97 Å². The Labute approximate surface area is 177 Å². The van der Waals surface area contributed by atoms with Gasteiger partial charge in [0.2, 0.25) is 0 Å². The highest BCUT2D eigenvalue weighted by Crippen LogP contribution is 2.50. The van der Waals surface area contributed by atoms with E-state index in [4.69, 9.17) is 5.11 Å². The lowest BCUT2D eigenvalue weighted by Crippen LogP contribution is -2.18. The highest BCUT2D eigenvalue weighted by atomic mass is 16.4. The van der Waals surface area contributed by atoms with Crippen molar-refractivity contribution in [2.24, 2.45) is 23.7 Å². The third-order valence-corrected chi connectivity index (χ3v) is 7.06. The molecule has 6 atom stereocenters. The number of carboxylic acids is 1. The molecule has 2 aliphatic rings. The van der Waals surface area contributed by atoms with Crippen LogP contribution in [0.1, 0.15) is 90.9 Å². The molecule has 0 aromatic carbocycles. The van der Waals surface area contributed by atoms with Gasteiger partial charge in [-0.2, -0.15) is 0 Å². The Morgan fingerprint density at radius 2 is 2.00 bits per heavy atom. The molecule has 166 valence electrons. The summed E-state index contributed by atoms with van der Waals surface area (Å²) in [6, 6.07) is 0. The summed E-state index contributed by atoms with van der Waals surface area (Å²) >= 11 is 0. The summed E-state index contributed by atoms with van der Waals surface area (Å²) in [5.41, 5.74) is 1.43. The molecule has 0 aromatic rings. The van der Waals surface area contributed by atoms with Crippen molar-refractivity contribution in [2.45, 2.75) is 103 Å². The Morgan fingerprint density at radius 3 is 2.69 bits per heavy atom. The fourth-order valence-electron chi connectivity index (χ4n) is 5.35. The van der Waals surface area contributed by atoms with Crippen molar-refractivity contribution in [3.05, 3.63) is 23.8 Å². The molecule has 4 heteroatoms. The number of fused-ring (bicyclic) bond motifs is 1. The molecule has 0 aromatic heterocycles. The number of rotatable bonds is 13. The van der Waals surface area contributed by atoms with Gasteiger partial charge in [-0.1, -0.05) is 69.8 Å². The van der Waals surface area contributed by atoms with Crippen molar-refractivity contribution in [1.82, 2.24) is 0 Å². The highest BCUT2D eigenvalue weighted by Gasteiger charge is 2.44. The van der Waals surface area contributed by atoms with Gasteiger partial charge < -0.3 is 15.3 Å². The van der Waals surface area contributed by atoms with Crippen LogP contribution in [0.2, 0.25) is 0 Å². The smallest absolute Gasteiger partial charge is 0.303 e. The van der Waals surface area contributed by atoms with Gasteiger partial charge in [-0.3, -0.25) is 4.79 Å². The zero-order valence-corrected chi connectivity index (χ0v) is 18.4. The zero-order valence-electron chi connectivity index (χ0n) is 18.4. The molecular formula is C25H42O4. The molecule has 2 saturated carbocycles. The second kappa shape index (κ2) is 12.5. The van der Waals surface area contributed by atoms with E-state index in [0.29, 0.717) is 24.2 Å². The molecule has 2 aliphatic carbocycles. The van der Waals surface area contributed by atoms with Crippen molar-refractivity contribution in [2.75, 3.05) is 0 Å². The Kier molecular flexibility index (Phi) is 10.4. The molecule has 0 radical (unpaired) electrons. The summed E-state index contributed by atoms with van der Waals surface area (Å²) < 4.78 is 0. The molecule has 1 unspecified atom stereocenters. The number of carbonyl (C=O) groups is 1. The van der Waals surface area contributed by atoms with Crippen molar-refractivity contribution in [3.63, 3.8) is 0 Å². The highest BCUT2D eigenvalue weighted by molar-refractivity contribution is 5.66. The quantitative estimate of drug-likeness (QED) is 0.279. The molecule has 3 N–H and O–H groups in total. The summed E-state index contributed by atoms with van der Waals surface area (Å²) in [5.74, 6) is 0.980. The van der Waals surface area contributed by atoms with E-state index in [1.807, 2.05) is 6.08 Å². The van der Waals surface area contributed by atoms with Gasteiger partial charge in [-0.25, -0.2) is 0 Å². The van der Waals surface area contributed by atoms with Crippen LogP contribution >= 0.6 is 0 Å². The summed E-state index contributed by atoms with van der Waals surface area (Å²) in [6.45, 7) is 4.43. The molecule has 0 spiro atoms. The van der Waals surface area contributed by atoms with Crippen molar-refractivity contribution in [3.8, 4) is 0 Å². The van der Waals surface area contributed by atoms with Crippen LogP contribution in [0.25, 0.3) is 0 Å². The van der Waals surface area contributed by atoms with Crippen LogP contribution in [-0.4, -0.2) is 33.5 Å².